The first kappa shape index (κ1) is 13.5. The molecule has 100 valence electrons. The molecule has 3 nitrogen and oxygen atoms in total. The molecule has 3 N–H and O–H groups in total. The van der Waals surface area contributed by atoms with Gasteiger partial charge in [-0.05, 0) is 37.8 Å². The van der Waals surface area contributed by atoms with Crippen LogP contribution in [0.4, 0.5) is 0 Å². The molecule has 0 saturated heterocycles. The van der Waals surface area contributed by atoms with E-state index in [0.717, 1.165) is 12.8 Å². The predicted molar refractivity (Wildman–Crippen MR) is 72.6 cm³/mol. The van der Waals surface area contributed by atoms with Crippen molar-refractivity contribution in [3.63, 3.8) is 0 Å². The molecule has 1 aliphatic carbocycles. The van der Waals surface area contributed by atoms with Crippen molar-refractivity contribution < 1.29 is 9.84 Å². The highest BCUT2D eigenvalue weighted by Gasteiger charge is 2.50. The van der Waals surface area contributed by atoms with E-state index < -0.39 is 5.60 Å². The summed E-state index contributed by atoms with van der Waals surface area (Å²) in [5.41, 5.74) is 7.22. The zero-order valence-electron chi connectivity index (χ0n) is 11.3. The first-order chi connectivity index (χ1) is 8.57. The molecule has 0 fully saturated rings. The van der Waals surface area contributed by atoms with Crippen molar-refractivity contribution in [2.24, 2.45) is 5.73 Å². The van der Waals surface area contributed by atoms with Crippen LogP contribution in [0.1, 0.15) is 31.4 Å². The first-order valence-corrected chi connectivity index (χ1v) is 6.66. The summed E-state index contributed by atoms with van der Waals surface area (Å²) in [4.78, 5) is 0. The maximum Gasteiger partial charge on any atom is 0.0960 e. The quantitative estimate of drug-likeness (QED) is 0.833. The predicted octanol–water partition coefficient (Wildman–Crippen LogP) is 1.62. The highest BCUT2D eigenvalue weighted by atomic mass is 16.5. The number of aryl methyl sites for hydroxylation is 1. The fourth-order valence-electron chi connectivity index (χ4n) is 3.12. The van der Waals surface area contributed by atoms with E-state index >= 15 is 0 Å². The fourth-order valence-corrected chi connectivity index (χ4v) is 3.12. The molecule has 1 aromatic carbocycles. The van der Waals surface area contributed by atoms with Crippen LogP contribution in [0.5, 0.6) is 0 Å². The summed E-state index contributed by atoms with van der Waals surface area (Å²) in [6.45, 7) is 5.17. The summed E-state index contributed by atoms with van der Waals surface area (Å²) in [6.07, 6.45) is 1.87. The van der Waals surface area contributed by atoms with Crippen LogP contribution in [0.25, 0.3) is 0 Å². The maximum absolute atomic E-state index is 10.8. The van der Waals surface area contributed by atoms with Gasteiger partial charge in [-0.25, -0.2) is 0 Å². The van der Waals surface area contributed by atoms with Crippen molar-refractivity contribution in [1.82, 2.24) is 0 Å². The highest BCUT2D eigenvalue weighted by Crippen LogP contribution is 2.45. The molecule has 0 bridgehead atoms. The Morgan fingerprint density at radius 1 is 1.44 bits per heavy atom. The molecule has 0 aliphatic heterocycles. The van der Waals surface area contributed by atoms with Gasteiger partial charge < -0.3 is 15.6 Å². The normalized spacial score (nSPS) is 25.8. The summed E-state index contributed by atoms with van der Waals surface area (Å²) in [5, 5.41) is 10.8. The third-order valence-electron chi connectivity index (χ3n) is 4.32. The van der Waals surface area contributed by atoms with Gasteiger partial charge in [0.1, 0.15) is 0 Å². The Kier molecular flexibility index (Phi) is 3.76. The van der Waals surface area contributed by atoms with E-state index in [1.54, 1.807) is 0 Å². The number of benzene rings is 1. The molecule has 0 radical (unpaired) electrons. The van der Waals surface area contributed by atoms with Crippen molar-refractivity contribution in [3.05, 3.63) is 35.4 Å². The van der Waals surface area contributed by atoms with Gasteiger partial charge in [-0.3, -0.25) is 0 Å². The molecular formula is C15H23NO2. The summed E-state index contributed by atoms with van der Waals surface area (Å²) in [6, 6.07) is 8.28. The van der Waals surface area contributed by atoms with Crippen molar-refractivity contribution in [2.75, 3.05) is 19.8 Å². The minimum atomic E-state index is -0.926. The highest BCUT2D eigenvalue weighted by molar-refractivity contribution is 5.42. The summed E-state index contributed by atoms with van der Waals surface area (Å²) in [7, 11) is 0. The number of fused-ring (bicyclic) bond motifs is 1. The van der Waals surface area contributed by atoms with Crippen LogP contribution in [0.15, 0.2) is 24.3 Å². The zero-order chi connectivity index (χ0) is 13.2. The van der Waals surface area contributed by atoms with E-state index in [9.17, 15) is 5.11 Å². The third kappa shape index (κ3) is 1.96. The van der Waals surface area contributed by atoms with Crippen LogP contribution in [-0.2, 0) is 16.6 Å². The van der Waals surface area contributed by atoms with Crippen molar-refractivity contribution in [3.8, 4) is 0 Å². The SMILES string of the molecule is CCOCC(C)(O)C1(CN)CCc2ccccc21. The van der Waals surface area contributed by atoms with Gasteiger partial charge in [-0.1, -0.05) is 24.3 Å². The summed E-state index contributed by atoms with van der Waals surface area (Å²) >= 11 is 0. The Morgan fingerprint density at radius 3 is 2.83 bits per heavy atom. The maximum atomic E-state index is 10.8. The van der Waals surface area contributed by atoms with Crippen molar-refractivity contribution >= 4 is 0 Å². The van der Waals surface area contributed by atoms with Crippen molar-refractivity contribution in [2.45, 2.75) is 37.7 Å². The lowest BCUT2D eigenvalue weighted by Gasteiger charge is -2.42. The topological polar surface area (TPSA) is 55.5 Å². The van der Waals surface area contributed by atoms with Gasteiger partial charge >= 0.3 is 0 Å². The first-order valence-electron chi connectivity index (χ1n) is 6.66. The smallest absolute Gasteiger partial charge is 0.0960 e. The largest absolute Gasteiger partial charge is 0.387 e. The van der Waals surface area contributed by atoms with Gasteiger partial charge in [0.2, 0.25) is 0 Å². The Hall–Kier alpha value is -0.900. The van der Waals surface area contributed by atoms with Gasteiger partial charge in [0.15, 0.2) is 0 Å². The molecule has 2 unspecified atom stereocenters. The number of ether oxygens (including phenoxy) is 1. The van der Waals surface area contributed by atoms with E-state index in [2.05, 4.69) is 12.1 Å². The van der Waals surface area contributed by atoms with E-state index in [0.29, 0.717) is 19.8 Å². The molecule has 18 heavy (non-hydrogen) atoms. The van der Waals surface area contributed by atoms with Gasteiger partial charge in [-0.15, -0.1) is 0 Å². The second-order valence-corrected chi connectivity index (χ2v) is 5.35. The molecule has 2 rings (SSSR count). The monoisotopic (exact) mass is 249 g/mol. The average molecular weight is 249 g/mol. The molecule has 0 amide bonds. The average Bonchev–Trinajstić information content (AvgIpc) is 2.77. The molecule has 3 heteroatoms. The molecule has 0 aromatic heterocycles. The molecule has 2 atom stereocenters. The zero-order valence-corrected chi connectivity index (χ0v) is 11.3. The number of hydrogen-bond donors (Lipinski definition) is 2. The van der Waals surface area contributed by atoms with Crippen LogP contribution < -0.4 is 5.73 Å². The van der Waals surface area contributed by atoms with Crippen LogP contribution >= 0.6 is 0 Å². The number of nitrogens with two attached hydrogens (primary N) is 1. The van der Waals surface area contributed by atoms with Crippen LogP contribution in [0.2, 0.25) is 0 Å². The Labute approximate surface area is 109 Å². The molecule has 1 aromatic rings. The lowest BCUT2D eigenvalue weighted by Crippen LogP contribution is -2.55. The van der Waals surface area contributed by atoms with E-state index in [4.69, 9.17) is 10.5 Å². The standard InChI is InChI=1S/C15H23NO2/c1-3-18-11-14(2,17)15(10-16)9-8-12-6-4-5-7-13(12)15/h4-7,17H,3,8-11,16H2,1-2H3. The third-order valence-corrected chi connectivity index (χ3v) is 4.32. The number of aliphatic hydroxyl groups is 1. The number of hydrogen-bond acceptors (Lipinski definition) is 3. The molecule has 1 aliphatic rings. The van der Waals surface area contributed by atoms with E-state index in [1.165, 1.54) is 11.1 Å². The Morgan fingerprint density at radius 2 is 2.17 bits per heavy atom. The second-order valence-electron chi connectivity index (χ2n) is 5.35. The lowest BCUT2D eigenvalue weighted by atomic mass is 9.69. The van der Waals surface area contributed by atoms with E-state index in [-0.39, 0.29) is 5.41 Å². The van der Waals surface area contributed by atoms with Gasteiger partial charge in [0.25, 0.3) is 0 Å². The minimum absolute atomic E-state index is 0.328. The number of rotatable bonds is 5. The van der Waals surface area contributed by atoms with Crippen LogP contribution in [0, 0.1) is 0 Å². The second kappa shape index (κ2) is 5.00. The molecular weight excluding hydrogens is 226 g/mol. The van der Waals surface area contributed by atoms with Gasteiger partial charge in [0.05, 0.1) is 12.2 Å². The fraction of sp³-hybridized carbons (Fsp3) is 0.600. The van der Waals surface area contributed by atoms with E-state index in [1.807, 2.05) is 26.0 Å². The van der Waals surface area contributed by atoms with Gasteiger partial charge in [0, 0.05) is 18.6 Å². The molecule has 0 spiro atoms. The van der Waals surface area contributed by atoms with Crippen LogP contribution in [-0.4, -0.2) is 30.5 Å². The molecule has 0 saturated carbocycles. The Bertz CT molecular complexity index is 417. The van der Waals surface area contributed by atoms with Crippen molar-refractivity contribution in [1.29, 1.82) is 0 Å². The Balaban J connectivity index is 2.38. The lowest BCUT2D eigenvalue weighted by molar-refractivity contribution is -0.0828. The van der Waals surface area contributed by atoms with Crippen LogP contribution in [0.3, 0.4) is 0 Å². The van der Waals surface area contributed by atoms with Gasteiger partial charge in [-0.2, -0.15) is 0 Å². The summed E-state index contributed by atoms with van der Waals surface area (Å²) < 4.78 is 5.45. The minimum Gasteiger partial charge on any atom is -0.387 e. The molecule has 0 heterocycles. The summed E-state index contributed by atoms with van der Waals surface area (Å²) in [5.74, 6) is 0.